The van der Waals surface area contributed by atoms with E-state index in [1.807, 2.05) is 39.1 Å². The molecule has 0 fully saturated rings. The van der Waals surface area contributed by atoms with Gasteiger partial charge in [0.1, 0.15) is 5.82 Å². The molecule has 8 nitrogen and oxygen atoms in total. The van der Waals surface area contributed by atoms with Crippen LogP contribution in [0.2, 0.25) is 0 Å². The van der Waals surface area contributed by atoms with Gasteiger partial charge in [0.05, 0.1) is 34.6 Å². The zero-order chi connectivity index (χ0) is 42.3. The first-order chi connectivity index (χ1) is 26.2. The molecule has 2 aliphatic heterocycles. The highest BCUT2D eigenvalue weighted by Crippen LogP contribution is 2.39. The van der Waals surface area contributed by atoms with Crippen molar-refractivity contribution < 1.29 is 9.59 Å². The van der Waals surface area contributed by atoms with E-state index in [4.69, 9.17) is 0 Å². The molecule has 8 rings (SSSR count). The maximum atomic E-state index is 11.8. The van der Waals surface area contributed by atoms with Crippen molar-refractivity contribution in [2.75, 3.05) is 10.6 Å². The molecule has 4 heterocycles. The third-order valence-electron chi connectivity index (χ3n) is 10.7. The molecule has 302 valence electrons. The van der Waals surface area contributed by atoms with Crippen molar-refractivity contribution in [1.82, 2.24) is 20.2 Å². The summed E-state index contributed by atoms with van der Waals surface area (Å²) in [6.45, 7) is 32.3. The van der Waals surface area contributed by atoms with Gasteiger partial charge in [-0.05, 0) is 112 Å². The highest BCUT2D eigenvalue weighted by atomic mass is 16.2. The molecule has 2 aliphatic rings. The largest absolute Gasteiger partial charge is 0.342 e. The Morgan fingerprint density at radius 3 is 1.74 bits per heavy atom. The molecule has 57 heavy (non-hydrogen) atoms. The number of benzene rings is 4. The first kappa shape index (κ1) is 42.9. The molecule has 2 aromatic heterocycles. The average molecular weight is 769 g/mol. The summed E-state index contributed by atoms with van der Waals surface area (Å²) in [6, 6.07) is 25.4. The smallest absolute Gasteiger partial charge is 0.234 e. The molecule has 6 aromatic rings. The molecule has 0 bridgehead atoms. The van der Waals surface area contributed by atoms with Crippen LogP contribution in [0.1, 0.15) is 136 Å². The van der Waals surface area contributed by atoms with E-state index in [1.54, 1.807) is 0 Å². The summed E-state index contributed by atoms with van der Waals surface area (Å²) >= 11 is 0. The zero-order valence-corrected chi connectivity index (χ0v) is 36.9. The highest BCUT2D eigenvalue weighted by Gasteiger charge is 2.38. The lowest BCUT2D eigenvalue weighted by molar-refractivity contribution is -0.119. The van der Waals surface area contributed by atoms with E-state index in [0.29, 0.717) is 6.42 Å². The number of rotatable bonds is 0. The number of carbonyl (C=O) groups is 2. The number of amides is 2. The van der Waals surface area contributed by atoms with E-state index in [-0.39, 0.29) is 33.5 Å². The van der Waals surface area contributed by atoms with Crippen LogP contribution >= 0.6 is 0 Å². The number of imidazole rings is 1. The Bertz CT molecular complexity index is 2400. The molecule has 8 heteroatoms. The molecule has 4 aromatic carbocycles. The van der Waals surface area contributed by atoms with Gasteiger partial charge in [-0.15, -0.1) is 0 Å². The average Bonchev–Trinajstić information content (AvgIpc) is 3.86. The van der Waals surface area contributed by atoms with Crippen LogP contribution in [0.25, 0.3) is 21.9 Å². The lowest BCUT2D eigenvalue weighted by atomic mass is 9.80. The predicted octanol–water partition coefficient (Wildman–Crippen LogP) is 11.7. The van der Waals surface area contributed by atoms with Gasteiger partial charge >= 0.3 is 0 Å². The molecule has 0 saturated carbocycles. The van der Waals surface area contributed by atoms with E-state index in [0.717, 1.165) is 44.9 Å². The topological polar surface area (TPSA) is 116 Å². The Morgan fingerprint density at radius 2 is 1.12 bits per heavy atom. The second-order valence-electron chi connectivity index (χ2n) is 20.2. The minimum Gasteiger partial charge on any atom is -0.342 e. The van der Waals surface area contributed by atoms with Crippen LogP contribution in [0.3, 0.4) is 0 Å². The first-order valence-corrected chi connectivity index (χ1v) is 20.0. The summed E-state index contributed by atoms with van der Waals surface area (Å²) < 4.78 is 0. The number of fused-ring (bicyclic) bond motifs is 4. The van der Waals surface area contributed by atoms with E-state index in [2.05, 4.69) is 175 Å². The number of aromatic nitrogens is 4. The van der Waals surface area contributed by atoms with Crippen LogP contribution < -0.4 is 10.6 Å². The Morgan fingerprint density at radius 1 is 0.596 bits per heavy atom. The van der Waals surface area contributed by atoms with Gasteiger partial charge in [-0.3, -0.25) is 14.7 Å². The number of H-pyrrole nitrogens is 2. The van der Waals surface area contributed by atoms with Crippen molar-refractivity contribution in [3.63, 3.8) is 0 Å². The number of carbonyl (C=O) groups excluding carboxylic acids is 2. The maximum absolute atomic E-state index is 11.8. The monoisotopic (exact) mass is 769 g/mol. The summed E-state index contributed by atoms with van der Waals surface area (Å²) in [6.07, 6.45) is 2.39. The van der Waals surface area contributed by atoms with Crippen LogP contribution in [0, 0.1) is 6.92 Å². The summed E-state index contributed by atoms with van der Waals surface area (Å²) in [4.78, 5) is 30.6. The van der Waals surface area contributed by atoms with Crippen molar-refractivity contribution in [3.05, 3.63) is 118 Å². The molecule has 0 radical (unpaired) electrons. The number of aryl methyl sites for hydroxylation is 1. The molecular weight excluding hydrogens is 705 g/mol. The van der Waals surface area contributed by atoms with Gasteiger partial charge in [0.2, 0.25) is 11.8 Å². The minimum atomic E-state index is -0.406. The van der Waals surface area contributed by atoms with Gasteiger partial charge in [0.25, 0.3) is 0 Å². The van der Waals surface area contributed by atoms with Crippen molar-refractivity contribution >= 4 is 45.1 Å². The molecule has 2 amide bonds. The van der Waals surface area contributed by atoms with Gasteiger partial charge in [-0.1, -0.05) is 119 Å². The molecule has 0 saturated heterocycles. The third kappa shape index (κ3) is 10.2. The van der Waals surface area contributed by atoms with Crippen LogP contribution in [0.15, 0.2) is 79.0 Å². The Labute approximate surface area is 340 Å². The number of nitrogens with one attached hydrogen (secondary N) is 4. The highest BCUT2D eigenvalue weighted by molar-refractivity contribution is 6.05. The van der Waals surface area contributed by atoms with Gasteiger partial charge < -0.3 is 15.6 Å². The lowest BCUT2D eigenvalue weighted by Crippen LogP contribution is -2.27. The normalized spacial score (nSPS) is 14.6. The fourth-order valence-electron chi connectivity index (χ4n) is 6.75. The van der Waals surface area contributed by atoms with Crippen molar-refractivity contribution in [2.24, 2.45) is 0 Å². The minimum absolute atomic E-state index is 0.0913. The van der Waals surface area contributed by atoms with E-state index < -0.39 is 5.41 Å². The fraction of sp³-hybridized carbons (Fsp3) is 0.429. The first-order valence-electron chi connectivity index (χ1n) is 20.0. The van der Waals surface area contributed by atoms with Crippen LogP contribution in [0.5, 0.6) is 0 Å². The Kier molecular flexibility index (Phi) is 11.7. The standard InChI is InChI=1S/C14H19NO.C12H16N2.C12H15NO.C11H14N2/c1-13(2,3)9-6-7-11-10(8-9)14(4,5)12(16)15-11;1-8-13-10-6-5-9(12(2,3)4)7-11(10)14-8;1-12(2,3)9-4-5-10-8(6-9)7-11(14)13-10;1-11(2,3)9-4-5-10-8(6-9)7-12-13-10/h6-8H,1-5H3,(H,15,16);5-7H,1-4H3,(H,13,14);4-6H,7H2,1-3H3,(H,13,14);4-7H,1-3H3,(H,12,13). The second-order valence-corrected chi connectivity index (χ2v) is 20.2. The van der Waals surface area contributed by atoms with Crippen molar-refractivity contribution in [2.45, 2.75) is 137 Å². The van der Waals surface area contributed by atoms with E-state index in [9.17, 15) is 9.59 Å². The molecule has 0 unspecified atom stereocenters. The van der Waals surface area contributed by atoms with Gasteiger partial charge in [0, 0.05) is 16.8 Å². The van der Waals surface area contributed by atoms with E-state index in [1.165, 1.54) is 27.6 Å². The SMILES string of the molecule is CC(C)(C)c1ccc2[nH]ncc2c1.CC(C)(C)c1ccc2c(c1)C(C)(C)C(=O)N2.CC(C)(C)c1ccc2c(c1)CC(=O)N2.Cc1nc2ccc(C(C)(C)C)cc2[nH]1. The molecule has 0 aliphatic carbocycles. The zero-order valence-electron chi connectivity index (χ0n) is 36.9. The lowest BCUT2D eigenvalue weighted by Gasteiger charge is -2.22. The molecule has 0 spiro atoms. The Balaban J connectivity index is 0.000000145. The summed E-state index contributed by atoms with van der Waals surface area (Å²) in [7, 11) is 0. The number of hydrogen-bond acceptors (Lipinski definition) is 4. The number of aromatic amines is 2. The van der Waals surface area contributed by atoms with Crippen LogP contribution in [0.4, 0.5) is 11.4 Å². The summed E-state index contributed by atoms with van der Waals surface area (Å²) in [5, 5.41) is 13.9. The quantitative estimate of drug-likeness (QED) is 0.123. The van der Waals surface area contributed by atoms with Crippen LogP contribution in [-0.2, 0) is 43.1 Å². The number of hydrogen-bond donors (Lipinski definition) is 4. The Hall–Kier alpha value is -5.24. The van der Waals surface area contributed by atoms with Gasteiger partial charge in [-0.2, -0.15) is 5.10 Å². The second kappa shape index (κ2) is 15.6. The molecular formula is C49H64N6O2. The van der Waals surface area contributed by atoms with Crippen LogP contribution in [-0.4, -0.2) is 32.0 Å². The number of anilines is 2. The molecule has 4 N–H and O–H groups in total. The summed E-state index contributed by atoms with van der Waals surface area (Å²) in [5.74, 6) is 1.17. The number of nitrogens with zero attached hydrogens (tertiary/aromatic N) is 2. The maximum Gasteiger partial charge on any atom is 0.234 e. The van der Waals surface area contributed by atoms with Gasteiger partial charge in [0.15, 0.2) is 0 Å². The van der Waals surface area contributed by atoms with Crippen molar-refractivity contribution in [3.8, 4) is 0 Å². The third-order valence-corrected chi connectivity index (χ3v) is 10.7. The molecule has 0 atom stereocenters. The van der Waals surface area contributed by atoms with Crippen molar-refractivity contribution in [1.29, 1.82) is 0 Å². The van der Waals surface area contributed by atoms with E-state index >= 15 is 0 Å². The summed E-state index contributed by atoms with van der Waals surface area (Å²) in [5.41, 5.74) is 13.0. The fourth-order valence-corrected chi connectivity index (χ4v) is 6.75. The predicted molar refractivity (Wildman–Crippen MR) is 239 cm³/mol. The van der Waals surface area contributed by atoms with Gasteiger partial charge in [-0.25, -0.2) is 4.98 Å².